The van der Waals surface area contributed by atoms with E-state index < -0.39 is 17.7 Å². The number of ether oxygens (including phenoxy) is 3. The van der Waals surface area contributed by atoms with Gasteiger partial charge in [0.1, 0.15) is 5.60 Å². The van der Waals surface area contributed by atoms with Crippen LogP contribution in [0.5, 0.6) is 0 Å². The summed E-state index contributed by atoms with van der Waals surface area (Å²) < 4.78 is 16.2. The van der Waals surface area contributed by atoms with E-state index in [0.717, 1.165) is 29.2 Å². The first kappa shape index (κ1) is 21.4. The van der Waals surface area contributed by atoms with Crippen LogP contribution in [0.15, 0.2) is 29.8 Å². The summed E-state index contributed by atoms with van der Waals surface area (Å²) in [5, 5.41) is 0. The van der Waals surface area contributed by atoms with Crippen LogP contribution in [0, 0.1) is 5.92 Å². The fraction of sp³-hybridized carbons (Fsp3) is 0.565. The van der Waals surface area contributed by atoms with Crippen molar-refractivity contribution in [3.63, 3.8) is 0 Å². The lowest BCUT2D eigenvalue weighted by molar-refractivity contribution is -0.136. The quantitative estimate of drug-likeness (QED) is 0.669. The minimum absolute atomic E-state index is 0.184. The predicted octanol–water partition coefficient (Wildman–Crippen LogP) is 4.18. The number of nitrogens with zero attached hydrogens (tertiary/aromatic N) is 1. The molecule has 0 atom stereocenters. The van der Waals surface area contributed by atoms with Crippen LogP contribution >= 0.6 is 0 Å². The van der Waals surface area contributed by atoms with E-state index in [1.807, 2.05) is 45.0 Å². The largest absolute Gasteiger partial charge is 0.466 e. The van der Waals surface area contributed by atoms with Crippen molar-refractivity contribution in [1.82, 2.24) is 4.90 Å². The lowest BCUT2D eigenvalue weighted by Gasteiger charge is -2.32. The predicted molar refractivity (Wildman–Crippen MR) is 110 cm³/mol. The highest BCUT2D eigenvalue weighted by Gasteiger charge is 2.30. The lowest BCUT2D eigenvalue weighted by atomic mass is 9.93. The number of carbonyl (C=O) groups is 2. The smallest absolute Gasteiger partial charge is 0.410 e. The Bertz CT molecular complexity index is 771. The maximum atomic E-state index is 12.4. The molecule has 0 aromatic heterocycles. The molecule has 158 valence electrons. The topological polar surface area (TPSA) is 65.1 Å². The molecule has 6 nitrogen and oxygen atoms in total. The Morgan fingerprint density at radius 3 is 2.41 bits per heavy atom. The number of amides is 1. The second-order valence-corrected chi connectivity index (χ2v) is 8.76. The van der Waals surface area contributed by atoms with Gasteiger partial charge in [0.15, 0.2) is 0 Å². The molecule has 0 N–H and O–H groups in total. The van der Waals surface area contributed by atoms with E-state index in [1.54, 1.807) is 4.90 Å². The van der Waals surface area contributed by atoms with Crippen molar-refractivity contribution in [2.24, 2.45) is 5.92 Å². The standard InChI is InChI=1S/C23H31NO5/c1-23(2,3)29-22(26)24-12-11-19(20(13-24)21(25)27-4)18-9-7-17(8-10-18)15-28-14-16-5-6-16/h7-10,16H,5-6,11-15H2,1-4H3. The molecule has 1 saturated carbocycles. The molecule has 1 aromatic rings. The second-order valence-electron chi connectivity index (χ2n) is 8.76. The van der Waals surface area contributed by atoms with Crippen molar-refractivity contribution in [1.29, 1.82) is 0 Å². The molecule has 1 aliphatic carbocycles. The molecule has 1 aliphatic heterocycles. The summed E-state index contributed by atoms with van der Waals surface area (Å²) in [7, 11) is 1.36. The Labute approximate surface area is 172 Å². The SMILES string of the molecule is COC(=O)C1=C(c2ccc(COCC3CC3)cc2)CCN(C(=O)OC(C)(C)C)C1. The zero-order valence-corrected chi connectivity index (χ0v) is 17.8. The molecule has 6 heteroatoms. The van der Waals surface area contributed by atoms with Gasteiger partial charge in [0.05, 0.1) is 25.8 Å². The van der Waals surface area contributed by atoms with Gasteiger partial charge in [-0.1, -0.05) is 24.3 Å². The van der Waals surface area contributed by atoms with E-state index in [0.29, 0.717) is 25.1 Å². The van der Waals surface area contributed by atoms with E-state index in [4.69, 9.17) is 14.2 Å². The number of benzene rings is 1. The Morgan fingerprint density at radius 1 is 1.14 bits per heavy atom. The van der Waals surface area contributed by atoms with Crippen LogP contribution in [0.25, 0.3) is 5.57 Å². The van der Waals surface area contributed by atoms with Crippen LogP contribution in [0.3, 0.4) is 0 Å². The zero-order chi connectivity index (χ0) is 21.0. The number of hydrogen-bond acceptors (Lipinski definition) is 5. The van der Waals surface area contributed by atoms with Crippen molar-refractivity contribution in [3.05, 3.63) is 41.0 Å². The molecule has 3 rings (SSSR count). The minimum atomic E-state index is -0.579. The normalized spacial score (nSPS) is 17.3. The van der Waals surface area contributed by atoms with Gasteiger partial charge in [-0.15, -0.1) is 0 Å². The summed E-state index contributed by atoms with van der Waals surface area (Å²) >= 11 is 0. The number of rotatable bonds is 6. The van der Waals surface area contributed by atoms with Gasteiger partial charge >= 0.3 is 12.1 Å². The summed E-state index contributed by atoms with van der Waals surface area (Å²) in [4.78, 5) is 26.4. The molecule has 1 fully saturated rings. The number of esters is 1. The lowest BCUT2D eigenvalue weighted by Crippen LogP contribution is -2.41. The second kappa shape index (κ2) is 8.99. The minimum Gasteiger partial charge on any atom is -0.466 e. The van der Waals surface area contributed by atoms with Crippen LogP contribution in [-0.2, 0) is 25.6 Å². The maximum Gasteiger partial charge on any atom is 0.410 e. The van der Waals surface area contributed by atoms with Crippen molar-refractivity contribution < 1.29 is 23.8 Å². The first-order chi connectivity index (χ1) is 13.8. The average Bonchev–Trinajstić information content (AvgIpc) is 3.50. The molecule has 0 spiro atoms. The molecule has 0 radical (unpaired) electrons. The Kier molecular flexibility index (Phi) is 6.63. The Hall–Kier alpha value is -2.34. The molecule has 2 aliphatic rings. The van der Waals surface area contributed by atoms with Crippen molar-refractivity contribution in [2.75, 3.05) is 26.8 Å². The highest BCUT2D eigenvalue weighted by molar-refractivity contribution is 5.99. The van der Waals surface area contributed by atoms with Gasteiger partial charge in [-0.25, -0.2) is 9.59 Å². The third-order valence-corrected chi connectivity index (χ3v) is 5.05. The van der Waals surface area contributed by atoms with Crippen molar-refractivity contribution in [3.8, 4) is 0 Å². The van der Waals surface area contributed by atoms with Crippen molar-refractivity contribution in [2.45, 2.75) is 52.2 Å². The summed E-state index contributed by atoms with van der Waals surface area (Å²) in [5.74, 6) is 0.335. The fourth-order valence-corrected chi connectivity index (χ4v) is 3.30. The van der Waals surface area contributed by atoms with Gasteiger partial charge < -0.3 is 19.1 Å². The molecule has 1 amide bonds. The van der Waals surface area contributed by atoms with Crippen LogP contribution in [0.2, 0.25) is 0 Å². The third-order valence-electron chi connectivity index (χ3n) is 5.05. The van der Waals surface area contributed by atoms with Crippen LogP contribution in [-0.4, -0.2) is 49.4 Å². The number of methoxy groups -OCH3 is 1. The van der Waals surface area contributed by atoms with Gasteiger partial charge in [0, 0.05) is 13.2 Å². The van der Waals surface area contributed by atoms with Gasteiger partial charge in [-0.05, 0) is 62.7 Å². The van der Waals surface area contributed by atoms with Gasteiger partial charge in [0.25, 0.3) is 0 Å². The number of hydrogen-bond donors (Lipinski definition) is 0. The average molecular weight is 402 g/mol. The first-order valence-corrected chi connectivity index (χ1v) is 10.2. The molecular weight excluding hydrogens is 370 g/mol. The molecule has 0 unspecified atom stereocenters. The summed E-state index contributed by atoms with van der Waals surface area (Å²) in [5.41, 5.74) is 2.93. The van der Waals surface area contributed by atoms with Crippen molar-refractivity contribution >= 4 is 17.6 Å². The van der Waals surface area contributed by atoms with Gasteiger partial charge in [-0.3, -0.25) is 0 Å². The summed E-state index contributed by atoms with van der Waals surface area (Å²) in [6, 6.07) is 8.09. The highest BCUT2D eigenvalue weighted by Crippen LogP contribution is 2.30. The Balaban J connectivity index is 1.72. The molecule has 29 heavy (non-hydrogen) atoms. The molecular formula is C23H31NO5. The monoisotopic (exact) mass is 401 g/mol. The highest BCUT2D eigenvalue weighted by atomic mass is 16.6. The molecule has 0 saturated heterocycles. The first-order valence-electron chi connectivity index (χ1n) is 10.2. The summed E-state index contributed by atoms with van der Waals surface area (Å²) in [6.07, 6.45) is 2.72. The number of carbonyl (C=O) groups excluding carboxylic acids is 2. The fourth-order valence-electron chi connectivity index (χ4n) is 3.30. The third kappa shape index (κ3) is 6.07. The van der Waals surface area contributed by atoms with Crippen LogP contribution < -0.4 is 0 Å². The van der Waals surface area contributed by atoms with E-state index in [1.165, 1.54) is 20.0 Å². The molecule has 0 bridgehead atoms. The molecule has 1 aromatic carbocycles. The zero-order valence-electron chi connectivity index (χ0n) is 17.8. The maximum absolute atomic E-state index is 12.4. The van der Waals surface area contributed by atoms with E-state index >= 15 is 0 Å². The Morgan fingerprint density at radius 2 is 1.83 bits per heavy atom. The van der Waals surface area contributed by atoms with Gasteiger partial charge in [-0.2, -0.15) is 0 Å². The van der Waals surface area contributed by atoms with Crippen LogP contribution in [0.4, 0.5) is 4.79 Å². The van der Waals surface area contributed by atoms with E-state index in [9.17, 15) is 9.59 Å². The van der Waals surface area contributed by atoms with Gasteiger partial charge in [0.2, 0.25) is 0 Å². The summed E-state index contributed by atoms with van der Waals surface area (Å²) in [6.45, 7) is 7.60. The molecule has 1 heterocycles. The van der Waals surface area contributed by atoms with E-state index in [2.05, 4.69) is 0 Å². The van der Waals surface area contributed by atoms with Crippen LogP contribution in [0.1, 0.15) is 51.2 Å². The van der Waals surface area contributed by atoms with E-state index in [-0.39, 0.29) is 6.54 Å².